The first-order valence-corrected chi connectivity index (χ1v) is 7.78. The van der Waals surface area contributed by atoms with Crippen molar-refractivity contribution in [1.29, 1.82) is 0 Å². The van der Waals surface area contributed by atoms with Gasteiger partial charge in [0.1, 0.15) is 0 Å². The molecule has 0 amide bonds. The number of benzene rings is 1. The van der Waals surface area contributed by atoms with Crippen LogP contribution < -0.4 is 4.74 Å². The Bertz CT molecular complexity index is 388. The van der Waals surface area contributed by atoms with E-state index in [4.69, 9.17) is 4.74 Å². The molecule has 0 aliphatic carbocycles. The summed E-state index contributed by atoms with van der Waals surface area (Å²) < 4.78 is 5.17. The number of hydrogen-bond acceptors (Lipinski definition) is 3. The van der Waals surface area contributed by atoms with Crippen LogP contribution in [0.1, 0.15) is 63.9 Å². The van der Waals surface area contributed by atoms with E-state index >= 15 is 0 Å². The molecule has 0 fully saturated rings. The quantitative estimate of drug-likeness (QED) is 0.478. The van der Waals surface area contributed by atoms with E-state index in [0.29, 0.717) is 5.75 Å². The zero-order valence-corrected chi connectivity index (χ0v) is 12.8. The number of hydrogen-bond donors (Lipinski definition) is 2. The first-order valence-electron chi connectivity index (χ1n) is 7.78. The molecule has 3 heteroatoms. The van der Waals surface area contributed by atoms with Crippen molar-refractivity contribution in [2.45, 2.75) is 64.7 Å². The smallest absolute Gasteiger partial charge is 0.200 e. The fraction of sp³-hybridized carbons (Fsp3) is 0.647. The van der Waals surface area contributed by atoms with Gasteiger partial charge in [-0.15, -0.1) is 0 Å². The van der Waals surface area contributed by atoms with Gasteiger partial charge in [-0.3, -0.25) is 0 Å². The van der Waals surface area contributed by atoms with Gasteiger partial charge in [-0.05, 0) is 24.5 Å². The topological polar surface area (TPSA) is 49.7 Å². The van der Waals surface area contributed by atoms with E-state index in [0.717, 1.165) is 18.4 Å². The second kappa shape index (κ2) is 9.51. The highest BCUT2D eigenvalue weighted by Crippen LogP contribution is 2.38. The minimum absolute atomic E-state index is 0.124. The van der Waals surface area contributed by atoms with Crippen LogP contribution in [0.3, 0.4) is 0 Å². The van der Waals surface area contributed by atoms with E-state index in [1.54, 1.807) is 0 Å². The summed E-state index contributed by atoms with van der Waals surface area (Å²) in [7, 11) is 1.52. The summed E-state index contributed by atoms with van der Waals surface area (Å²) in [5.74, 6) is 0.138. The molecule has 2 N–H and O–H groups in total. The number of methoxy groups -OCH3 is 1. The lowest BCUT2D eigenvalue weighted by molar-refractivity contribution is 0.347. The highest BCUT2D eigenvalue weighted by atomic mass is 16.5. The molecule has 0 saturated carbocycles. The lowest BCUT2D eigenvalue weighted by Gasteiger charge is -2.11. The Morgan fingerprint density at radius 1 is 0.900 bits per heavy atom. The molecule has 0 aliphatic rings. The molecule has 3 nitrogen and oxygen atoms in total. The van der Waals surface area contributed by atoms with Crippen molar-refractivity contribution in [2.24, 2.45) is 0 Å². The van der Waals surface area contributed by atoms with Crippen LogP contribution in [0.5, 0.6) is 17.2 Å². The zero-order chi connectivity index (χ0) is 14.8. The number of aryl methyl sites for hydroxylation is 1. The number of phenolic OH excluding ortho intramolecular Hbond substituents is 2. The fourth-order valence-electron chi connectivity index (χ4n) is 2.48. The molecule has 0 unspecified atom stereocenters. The Morgan fingerprint density at radius 3 is 2.10 bits per heavy atom. The first kappa shape index (κ1) is 16.7. The van der Waals surface area contributed by atoms with Gasteiger partial charge in [0.05, 0.1) is 7.11 Å². The van der Waals surface area contributed by atoms with Crippen molar-refractivity contribution in [1.82, 2.24) is 0 Å². The van der Waals surface area contributed by atoms with E-state index in [-0.39, 0.29) is 11.5 Å². The average molecular weight is 280 g/mol. The summed E-state index contributed by atoms with van der Waals surface area (Å²) in [5.41, 5.74) is 0.966. The third-order valence-electron chi connectivity index (χ3n) is 3.70. The van der Waals surface area contributed by atoms with E-state index in [1.807, 2.05) is 6.07 Å². The number of unbranched alkanes of at least 4 members (excludes halogenated alkanes) is 7. The third kappa shape index (κ3) is 5.32. The van der Waals surface area contributed by atoms with Crippen LogP contribution in [0, 0.1) is 0 Å². The van der Waals surface area contributed by atoms with E-state index in [1.165, 1.54) is 58.1 Å². The molecule has 0 saturated heterocycles. The summed E-state index contributed by atoms with van der Waals surface area (Å²) in [4.78, 5) is 0. The summed E-state index contributed by atoms with van der Waals surface area (Å²) in [5, 5.41) is 19.2. The molecule has 1 aromatic rings. The Hall–Kier alpha value is -1.38. The minimum Gasteiger partial charge on any atom is -0.504 e. The SMILES string of the molecule is CCCCCCCCCCc1ccc(O)c(O)c1OC. The summed E-state index contributed by atoms with van der Waals surface area (Å²) in [6.07, 6.45) is 11.1. The second-order valence-electron chi connectivity index (χ2n) is 5.35. The van der Waals surface area contributed by atoms with Crippen molar-refractivity contribution < 1.29 is 14.9 Å². The molecule has 0 radical (unpaired) electrons. The zero-order valence-electron chi connectivity index (χ0n) is 12.8. The van der Waals surface area contributed by atoms with Gasteiger partial charge in [-0.25, -0.2) is 0 Å². The molecule has 1 aromatic carbocycles. The highest BCUT2D eigenvalue weighted by molar-refractivity contribution is 5.54. The molecule has 0 atom stereocenters. The largest absolute Gasteiger partial charge is 0.504 e. The summed E-state index contributed by atoms with van der Waals surface area (Å²) >= 11 is 0. The van der Waals surface area contributed by atoms with Gasteiger partial charge in [0.25, 0.3) is 0 Å². The highest BCUT2D eigenvalue weighted by Gasteiger charge is 2.12. The minimum atomic E-state index is -0.149. The van der Waals surface area contributed by atoms with Gasteiger partial charge in [-0.2, -0.15) is 0 Å². The van der Waals surface area contributed by atoms with Gasteiger partial charge >= 0.3 is 0 Å². The third-order valence-corrected chi connectivity index (χ3v) is 3.70. The molecule has 0 bridgehead atoms. The molecular formula is C17H28O3. The van der Waals surface area contributed by atoms with Crippen molar-refractivity contribution in [3.05, 3.63) is 17.7 Å². The normalized spacial score (nSPS) is 10.7. The van der Waals surface area contributed by atoms with Gasteiger partial charge in [0.15, 0.2) is 11.5 Å². The maximum atomic E-state index is 9.73. The van der Waals surface area contributed by atoms with E-state index in [9.17, 15) is 10.2 Å². The Morgan fingerprint density at radius 2 is 1.50 bits per heavy atom. The molecule has 1 rings (SSSR count). The van der Waals surface area contributed by atoms with Gasteiger partial charge < -0.3 is 14.9 Å². The monoisotopic (exact) mass is 280 g/mol. The standard InChI is InChI=1S/C17H28O3/c1-3-4-5-6-7-8-9-10-11-14-12-13-15(18)16(19)17(14)20-2/h12-13,18-19H,3-11H2,1-2H3. The molecule has 0 aromatic heterocycles. The van der Waals surface area contributed by atoms with Crippen LogP contribution in [-0.4, -0.2) is 17.3 Å². The number of rotatable bonds is 10. The molecule has 0 aliphatic heterocycles. The van der Waals surface area contributed by atoms with Gasteiger partial charge in [0, 0.05) is 0 Å². The Balaban J connectivity index is 2.27. The maximum Gasteiger partial charge on any atom is 0.200 e. The summed E-state index contributed by atoms with van der Waals surface area (Å²) in [6, 6.07) is 3.35. The molecule has 0 spiro atoms. The molecule has 0 heterocycles. The van der Waals surface area contributed by atoms with Gasteiger partial charge in [-0.1, -0.05) is 57.9 Å². The molecule has 114 valence electrons. The average Bonchev–Trinajstić information content (AvgIpc) is 2.45. The number of aromatic hydroxyl groups is 2. The van der Waals surface area contributed by atoms with E-state index < -0.39 is 0 Å². The maximum absolute atomic E-state index is 9.73. The first-order chi connectivity index (χ1) is 9.70. The Labute approximate surface area is 122 Å². The van der Waals surface area contributed by atoms with Gasteiger partial charge in [0.2, 0.25) is 5.75 Å². The number of ether oxygens (including phenoxy) is 1. The van der Waals surface area contributed by atoms with Crippen molar-refractivity contribution in [2.75, 3.05) is 7.11 Å². The van der Waals surface area contributed by atoms with Crippen molar-refractivity contribution in [3.63, 3.8) is 0 Å². The lowest BCUT2D eigenvalue weighted by atomic mass is 10.0. The van der Waals surface area contributed by atoms with E-state index in [2.05, 4.69) is 6.92 Å². The van der Waals surface area contributed by atoms with Crippen LogP contribution in [0.25, 0.3) is 0 Å². The lowest BCUT2D eigenvalue weighted by Crippen LogP contribution is -1.93. The van der Waals surface area contributed by atoms with Crippen molar-refractivity contribution in [3.8, 4) is 17.2 Å². The predicted octanol–water partition coefficient (Wildman–Crippen LogP) is 4.79. The van der Waals surface area contributed by atoms with Crippen LogP contribution in [0.2, 0.25) is 0 Å². The summed E-state index contributed by atoms with van der Waals surface area (Å²) in [6.45, 7) is 2.24. The molecular weight excluding hydrogens is 252 g/mol. The molecule has 20 heavy (non-hydrogen) atoms. The fourth-order valence-corrected chi connectivity index (χ4v) is 2.48. The second-order valence-corrected chi connectivity index (χ2v) is 5.35. The Kier molecular flexibility index (Phi) is 7.93. The number of phenols is 2. The predicted molar refractivity (Wildman–Crippen MR) is 82.6 cm³/mol. The van der Waals surface area contributed by atoms with Crippen LogP contribution in [0.4, 0.5) is 0 Å². The van der Waals surface area contributed by atoms with Crippen LogP contribution >= 0.6 is 0 Å². The van der Waals surface area contributed by atoms with Crippen molar-refractivity contribution >= 4 is 0 Å². The van der Waals surface area contributed by atoms with Crippen LogP contribution in [0.15, 0.2) is 12.1 Å². The van der Waals surface area contributed by atoms with Crippen LogP contribution in [-0.2, 0) is 6.42 Å².